The highest BCUT2D eigenvalue weighted by Gasteiger charge is 2.13. The fourth-order valence-corrected chi connectivity index (χ4v) is 1.51. The summed E-state index contributed by atoms with van der Waals surface area (Å²) in [6.07, 6.45) is 0. The van der Waals surface area contributed by atoms with Crippen molar-refractivity contribution in [2.24, 2.45) is 5.92 Å². The maximum Gasteiger partial charge on any atom is 0.236 e. The second-order valence-electron chi connectivity index (χ2n) is 5.01. The lowest BCUT2D eigenvalue weighted by Gasteiger charge is -2.15. The van der Waals surface area contributed by atoms with E-state index in [1.54, 1.807) is 6.92 Å². The van der Waals surface area contributed by atoms with Gasteiger partial charge in [0.25, 0.3) is 0 Å². The van der Waals surface area contributed by atoms with Crippen molar-refractivity contribution in [3.63, 3.8) is 0 Å². The van der Waals surface area contributed by atoms with Crippen LogP contribution in [0, 0.1) is 11.7 Å². The van der Waals surface area contributed by atoms with Gasteiger partial charge >= 0.3 is 0 Å². The zero-order chi connectivity index (χ0) is 14.4. The molecule has 1 aromatic rings. The van der Waals surface area contributed by atoms with Crippen LogP contribution in [0.15, 0.2) is 18.2 Å². The zero-order valence-corrected chi connectivity index (χ0v) is 11.5. The Hall–Kier alpha value is -1.62. The Labute approximate surface area is 113 Å². The van der Waals surface area contributed by atoms with Gasteiger partial charge in [-0.3, -0.25) is 4.79 Å². The van der Waals surface area contributed by atoms with E-state index in [-0.39, 0.29) is 18.2 Å². The Morgan fingerprint density at radius 3 is 2.68 bits per heavy atom. The summed E-state index contributed by atoms with van der Waals surface area (Å²) in [5.74, 6) is -0.108. The van der Waals surface area contributed by atoms with Gasteiger partial charge in [0.2, 0.25) is 5.91 Å². The number of phenolic OH excluding ortho intramolecular Hbond substituents is 1. The first-order valence-corrected chi connectivity index (χ1v) is 6.38. The molecule has 5 heteroatoms. The molecule has 3 N–H and O–H groups in total. The Kier molecular flexibility index (Phi) is 5.76. The predicted molar refractivity (Wildman–Crippen MR) is 72.2 cm³/mol. The van der Waals surface area contributed by atoms with Crippen molar-refractivity contribution in [3.05, 3.63) is 29.6 Å². The lowest BCUT2D eigenvalue weighted by Crippen LogP contribution is -2.42. The van der Waals surface area contributed by atoms with E-state index in [0.717, 1.165) is 0 Å². The minimum Gasteiger partial charge on any atom is -0.508 e. The topological polar surface area (TPSA) is 61.4 Å². The average molecular weight is 268 g/mol. The smallest absolute Gasteiger partial charge is 0.236 e. The standard InChI is InChI=1S/C14H21FN2O2/c1-9(2)7-17-14(19)10(3)16-8-11-6-12(15)4-5-13(11)18/h4-6,9-10,16,18H,7-8H2,1-3H3,(H,17,19). The molecule has 1 rings (SSSR count). The van der Waals surface area contributed by atoms with Gasteiger partial charge in [-0.25, -0.2) is 4.39 Å². The lowest BCUT2D eigenvalue weighted by molar-refractivity contribution is -0.122. The number of hydrogen-bond acceptors (Lipinski definition) is 3. The third-order valence-electron chi connectivity index (χ3n) is 2.72. The number of nitrogens with one attached hydrogen (secondary N) is 2. The van der Waals surface area contributed by atoms with Crippen LogP contribution < -0.4 is 10.6 Å². The molecular formula is C14H21FN2O2. The van der Waals surface area contributed by atoms with E-state index in [4.69, 9.17) is 0 Å². The molecule has 0 aliphatic rings. The van der Waals surface area contributed by atoms with Crippen molar-refractivity contribution in [3.8, 4) is 5.75 Å². The number of aromatic hydroxyl groups is 1. The monoisotopic (exact) mass is 268 g/mol. The summed E-state index contributed by atoms with van der Waals surface area (Å²) >= 11 is 0. The predicted octanol–water partition coefficient (Wildman–Crippen LogP) is 1.78. The number of rotatable bonds is 6. The minimum absolute atomic E-state index is 0.0173. The molecule has 0 bridgehead atoms. The number of hydrogen-bond donors (Lipinski definition) is 3. The molecule has 0 saturated heterocycles. The largest absolute Gasteiger partial charge is 0.508 e. The second-order valence-corrected chi connectivity index (χ2v) is 5.01. The highest BCUT2D eigenvalue weighted by molar-refractivity contribution is 5.81. The summed E-state index contributed by atoms with van der Waals surface area (Å²) in [5.41, 5.74) is 0.434. The Morgan fingerprint density at radius 2 is 2.05 bits per heavy atom. The molecule has 0 heterocycles. The van der Waals surface area contributed by atoms with Crippen LogP contribution in [-0.4, -0.2) is 23.6 Å². The Morgan fingerprint density at radius 1 is 1.37 bits per heavy atom. The van der Waals surface area contributed by atoms with Gasteiger partial charge in [0.1, 0.15) is 11.6 Å². The van der Waals surface area contributed by atoms with Crippen LogP contribution in [0.25, 0.3) is 0 Å². The van der Waals surface area contributed by atoms with Crippen LogP contribution in [0.2, 0.25) is 0 Å². The molecule has 0 radical (unpaired) electrons. The number of halogens is 1. The van der Waals surface area contributed by atoms with Gasteiger partial charge in [-0.05, 0) is 31.0 Å². The second kappa shape index (κ2) is 7.09. The summed E-state index contributed by atoms with van der Waals surface area (Å²) < 4.78 is 13.0. The van der Waals surface area contributed by atoms with Crippen molar-refractivity contribution in [2.45, 2.75) is 33.4 Å². The normalized spacial score (nSPS) is 12.5. The van der Waals surface area contributed by atoms with E-state index >= 15 is 0 Å². The molecular weight excluding hydrogens is 247 g/mol. The van der Waals surface area contributed by atoms with Gasteiger partial charge in [0.15, 0.2) is 0 Å². The first-order chi connectivity index (χ1) is 8.90. The first-order valence-electron chi connectivity index (χ1n) is 6.38. The van der Waals surface area contributed by atoms with Gasteiger partial charge < -0.3 is 15.7 Å². The van der Waals surface area contributed by atoms with Crippen molar-refractivity contribution in [2.75, 3.05) is 6.54 Å². The van der Waals surface area contributed by atoms with E-state index in [2.05, 4.69) is 10.6 Å². The molecule has 106 valence electrons. The van der Waals surface area contributed by atoms with Crippen molar-refractivity contribution < 1.29 is 14.3 Å². The van der Waals surface area contributed by atoms with Gasteiger partial charge in [0.05, 0.1) is 6.04 Å². The van der Waals surface area contributed by atoms with E-state index in [1.165, 1.54) is 18.2 Å². The maximum absolute atomic E-state index is 13.0. The highest BCUT2D eigenvalue weighted by atomic mass is 19.1. The third kappa shape index (κ3) is 5.26. The Bertz CT molecular complexity index is 435. The maximum atomic E-state index is 13.0. The van der Waals surface area contributed by atoms with Crippen LogP contribution >= 0.6 is 0 Å². The molecule has 1 aromatic carbocycles. The molecule has 0 saturated carbocycles. The molecule has 1 amide bonds. The van der Waals surface area contributed by atoms with E-state index in [9.17, 15) is 14.3 Å². The summed E-state index contributed by atoms with van der Waals surface area (Å²) in [5, 5.41) is 15.3. The minimum atomic E-state index is -0.411. The third-order valence-corrected chi connectivity index (χ3v) is 2.72. The van der Waals surface area contributed by atoms with Crippen LogP contribution in [0.5, 0.6) is 5.75 Å². The van der Waals surface area contributed by atoms with Crippen LogP contribution in [0.1, 0.15) is 26.3 Å². The van der Waals surface area contributed by atoms with Crippen molar-refractivity contribution in [1.82, 2.24) is 10.6 Å². The average Bonchev–Trinajstić information content (AvgIpc) is 2.36. The van der Waals surface area contributed by atoms with Crippen LogP contribution in [-0.2, 0) is 11.3 Å². The zero-order valence-electron chi connectivity index (χ0n) is 11.5. The molecule has 1 atom stereocenters. The van der Waals surface area contributed by atoms with Gasteiger partial charge in [-0.1, -0.05) is 13.8 Å². The number of phenols is 1. The van der Waals surface area contributed by atoms with Crippen molar-refractivity contribution in [1.29, 1.82) is 0 Å². The van der Waals surface area contributed by atoms with E-state index < -0.39 is 11.9 Å². The molecule has 0 aliphatic heterocycles. The molecule has 1 unspecified atom stereocenters. The van der Waals surface area contributed by atoms with Gasteiger partial charge in [0, 0.05) is 18.7 Å². The summed E-state index contributed by atoms with van der Waals surface area (Å²) in [4.78, 5) is 11.7. The number of amides is 1. The molecule has 0 aliphatic carbocycles. The fraction of sp³-hybridized carbons (Fsp3) is 0.500. The summed E-state index contributed by atoms with van der Waals surface area (Å²) in [6, 6.07) is 3.34. The lowest BCUT2D eigenvalue weighted by atomic mass is 10.1. The summed E-state index contributed by atoms with van der Waals surface area (Å²) in [7, 11) is 0. The number of carbonyl (C=O) groups excluding carboxylic acids is 1. The molecule has 0 spiro atoms. The number of carbonyl (C=O) groups is 1. The van der Waals surface area contributed by atoms with Gasteiger partial charge in [-0.2, -0.15) is 0 Å². The fourth-order valence-electron chi connectivity index (χ4n) is 1.51. The number of benzene rings is 1. The SMILES string of the molecule is CC(C)CNC(=O)C(C)NCc1cc(F)ccc1O. The van der Waals surface area contributed by atoms with Crippen molar-refractivity contribution >= 4 is 5.91 Å². The molecule has 19 heavy (non-hydrogen) atoms. The highest BCUT2D eigenvalue weighted by Crippen LogP contribution is 2.17. The van der Waals surface area contributed by atoms with E-state index in [1.807, 2.05) is 13.8 Å². The Balaban J connectivity index is 2.47. The summed E-state index contributed by atoms with van der Waals surface area (Å²) in [6.45, 7) is 6.62. The molecule has 0 fully saturated rings. The first kappa shape index (κ1) is 15.4. The van der Waals surface area contributed by atoms with Crippen LogP contribution in [0.3, 0.4) is 0 Å². The van der Waals surface area contributed by atoms with Crippen LogP contribution in [0.4, 0.5) is 4.39 Å². The molecule has 0 aromatic heterocycles. The molecule has 4 nitrogen and oxygen atoms in total. The quantitative estimate of drug-likeness (QED) is 0.737. The van der Waals surface area contributed by atoms with E-state index in [0.29, 0.717) is 18.0 Å². The van der Waals surface area contributed by atoms with Gasteiger partial charge in [-0.15, -0.1) is 0 Å².